The molecule has 348 valence electrons. The van der Waals surface area contributed by atoms with E-state index in [4.69, 9.17) is 0 Å². The van der Waals surface area contributed by atoms with Crippen LogP contribution in [-0.4, -0.2) is 0 Å². The minimum Gasteiger partial charge on any atom is -0.0991 e. The van der Waals surface area contributed by atoms with Crippen molar-refractivity contribution in [3.63, 3.8) is 0 Å². The SMILES string of the molecule is C=CC1=C(/C=C\c2ccc3c4c(c5c(c3c2)C=CCC5)CCC=C4)c2ccccc2C12c1ccccc1-c1ccccc12.C=C\C=C/C=C(C)\C=C\C(=C)/C=C\C=C/C.CC.CCC.CCCC. The molecule has 0 aromatic heterocycles. The second-order valence-electron chi connectivity index (χ2n) is 17.3. The van der Waals surface area contributed by atoms with Crippen LogP contribution in [0.5, 0.6) is 0 Å². The Morgan fingerprint density at radius 3 is 1.71 bits per heavy atom. The van der Waals surface area contributed by atoms with Gasteiger partial charge >= 0.3 is 0 Å². The third kappa shape index (κ3) is 11.5. The summed E-state index contributed by atoms with van der Waals surface area (Å²) in [6.45, 7) is 28.6. The number of rotatable bonds is 10. The summed E-state index contributed by atoms with van der Waals surface area (Å²) in [5.41, 5.74) is 19.6. The topological polar surface area (TPSA) is 0 Å². The molecular formula is C68H76. The average Bonchev–Trinajstić information content (AvgIpc) is 3.85. The van der Waals surface area contributed by atoms with Crippen LogP contribution < -0.4 is 0 Å². The number of hydrogen-bond donors (Lipinski definition) is 0. The molecule has 0 radical (unpaired) electrons. The third-order valence-electron chi connectivity index (χ3n) is 12.5. The van der Waals surface area contributed by atoms with Crippen molar-refractivity contribution in [1.29, 1.82) is 0 Å². The van der Waals surface area contributed by atoms with Gasteiger partial charge in [-0.1, -0.05) is 274 Å². The van der Waals surface area contributed by atoms with Gasteiger partial charge in [0.1, 0.15) is 0 Å². The lowest BCUT2D eigenvalue weighted by Gasteiger charge is -2.31. The van der Waals surface area contributed by atoms with Crippen LogP contribution in [0, 0.1) is 0 Å². The van der Waals surface area contributed by atoms with E-state index in [-0.39, 0.29) is 5.41 Å². The summed E-state index contributed by atoms with van der Waals surface area (Å²) in [6.07, 6.45) is 44.3. The first-order valence-corrected chi connectivity index (χ1v) is 25.3. The number of unbranched alkanes of at least 4 members (excludes halogenated alkanes) is 1. The Morgan fingerprint density at radius 2 is 1.16 bits per heavy atom. The van der Waals surface area contributed by atoms with E-state index in [2.05, 4.69) is 181 Å². The lowest BCUT2D eigenvalue weighted by molar-refractivity contribution is 0.787. The maximum Gasteiger partial charge on any atom is 0.0725 e. The molecule has 0 nitrogen and oxygen atoms in total. The molecule has 0 amide bonds. The molecule has 0 heterocycles. The van der Waals surface area contributed by atoms with E-state index < -0.39 is 0 Å². The van der Waals surface area contributed by atoms with Crippen molar-refractivity contribution in [3.8, 4) is 11.1 Å². The van der Waals surface area contributed by atoms with E-state index in [9.17, 15) is 0 Å². The highest BCUT2D eigenvalue weighted by atomic mass is 14.5. The van der Waals surface area contributed by atoms with Crippen molar-refractivity contribution >= 4 is 34.6 Å². The number of fused-ring (bicyclic) bond motifs is 13. The molecule has 5 aromatic carbocycles. The second kappa shape index (κ2) is 26.5. The molecule has 0 unspecified atom stereocenters. The van der Waals surface area contributed by atoms with Gasteiger partial charge in [-0.15, -0.1) is 0 Å². The first-order chi connectivity index (χ1) is 33.3. The quantitative estimate of drug-likeness (QED) is 0.123. The zero-order valence-corrected chi connectivity index (χ0v) is 42.5. The van der Waals surface area contributed by atoms with Gasteiger partial charge in [-0.2, -0.15) is 0 Å². The first-order valence-electron chi connectivity index (χ1n) is 25.3. The van der Waals surface area contributed by atoms with Gasteiger partial charge in [0.25, 0.3) is 0 Å². The van der Waals surface area contributed by atoms with Crippen LogP contribution in [0.4, 0.5) is 0 Å². The lowest BCUT2D eigenvalue weighted by atomic mass is 9.69. The molecule has 0 fully saturated rings. The molecule has 5 aromatic rings. The van der Waals surface area contributed by atoms with Crippen molar-refractivity contribution in [2.24, 2.45) is 0 Å². The fraction of sp³-hybridized carbons (Fsp3) is 0.235. The van der Waals surface area contributed by atoms with E-state index in [1.165, 1.54) is 96.8 Å². The maximum atomic E-state index is 4.42. The standard InChI is InChI=1S/C43H32.C16H20.C4H10.C3H8.C2H6/c1-2-39-37(26-24-28-23-25-33-31-15-4-3-13-29(31)30-14-5-6-16-32(30)38(33)27-28)36-19-9-12-22-42(36)43(39)40-20-10-7-17-34(40)35-18-8-11-21-41(35)43;1-5-7-9-11-15(3)13-14-16(4)12-10-8-6-2;1-3-4-2;1-3-2;1-2/h2,4,6-12,15-27H,1,3,5,13-14H2;5-14H,1,4H2,2-3H3;3-4H2,1-2H3;3H2,1-2H3;1-2H3/b26-24-;8-6-,9-7-,12-10-,14-13+,15-11-;;;. The summed E-state index contributed by atoms with van der Waals surface area (Å²) in [6, 6.07) is 33.9. The van der Waals surface area contributed by atoms with E-state index in [0.29, 0.717) is 0 Å². The molecule has 0 atom stereocenters. The minimum atomic E-state index is -0.357. The van der Waals surface area contributed by atoms with Crippen molar-refractivity contribution in [3.05, 3.63) is 263 Å². The van der Waals surface area contributed by atoms with Gasteiger partial charge in [0.15, 0.2) is 0 Å². The summed E-state index contributed by atoms with van der Waals surface area (Å²) in [7, 11) is 0. The van der Waals surface area contributed by atoms with Gasteiger partial charge in [0.2, 0.25) is 0 Å². The Hall–Kier alpha value is -6.76. The van der Waals surface area contributed by atoms with Crippen LogP contribution in [0.25, 0.3) is 45.7 Å². The fourth-order valence-corrected chi connectivity index (χ4v) is 9.48. The van der Waals surface area contributed by atoms with Crippen LogP contribution in [-0.2, 0) is 18.3 Å². The highest BCUT2D eigenvalue weighted by Gasteiger charge is 2.51. The molecule has 68 heavy (non-hydrogen) atoms. The molecule has 0 saturated heterocycles. The van der Waals surface area contributed by atoms with E-state index >= 15 is 0 Å². The largest absolute Gasteiger partial charge is 0.0991 e. The van der Waals surface area contributed by atoms with Gasteiger partial charge in [-0.05, 0) is 134 Å². The van der Waals surface area contributed by atoms with E-state index in [0.717, 1.165) is 31.3 Å². The fourth-order valence-electron chi connectivity index (χ4n) is 9.48. The molecule has 1 spiro atoms. The number of hydrogen-bond acceptors (Lipinski definition) is 0. The summed E-state index contributed by atoms with van der Waals surface area (Å²) in [4.78, 5) is 0. The van der Waals surface area contributed by atoms with Gasteiger partial charge in [-0.25, -0.2) is 0 Å². The molecule has 0 bridgehead atoms. The molecular weight excluding hydrogens is 817 g/mol. The van der Waals surface area contributed by atoms with Crippen LogP contribution in [0.1, 0.15) is 138 Å². The molecule has 4 aliphatic carbocycles. The van der Waals surface area contributed by atoms with Crippen molar-refractivity contribution in [1.82, 2.24) is 0 Å². The minimum absolute atomic E-state index is 0.357. The van der Waals surface area contributed by atoms with Gasteiger partial charge < -0.3 is 0 Å². The zero-order valence-electron chi connectivity index (χ0n) is 42.5. The molecule has 0 N–H and O–H groups in total. The number of allylic oxidation sites excluding steroid dienone is 18. The molecule has 9 rings (SSSR count). The predicted octanol–water partition coefficient (Wildman–Crippen LogP) is 19.9. The summed E-state index contributed by atoms with van der Waals surface area (Å²) in [5, 5.41) is 2.75. The Kier molecular flexibility index (Phi) is 20.4. The van der Waals surface area contributed by atoms with Crippen LogP contribution in [0.2, 0.25) is 0 Å². The Labute approximate surface area is 412 Å². The van der Waals surface area contributed by atoms with Crippen LogP contribution in [0.15, 0.2) is 213 Å². The van der Waals surface area contributed by atoms with Crippen molar-refractivity contribution in [2.75, 3.05) is 0 Å². The van der Waals surface area contributed by atoms with Crippen molar-refractivity contribution in [2.45, 2.75) is 106 Å². The Balaban J connectivity index is 0.000000291. The van der Waals surface area contributed by atoms with Crippen LogP contribution >= 0.6 is 0 Å². The normalized spacial score (nSPS) is 14.6. The highest BCUT2D eigenvalue weighted by Crippen LogP contribution is 2.62. The lowest BCUT2D eigenvalue weighted by Crippen LogP contribution is -2.26. The molecule has 4 aliphatic rings. The monoisotopic (exact) mass is 893 g/mol. The smallest absolute Gasteiger partial charge is 0.0725 e. The third-order valence-corrected chi connectivity index (χ3v) is 12.5. The molecule has 0 heteroatoms. The first kappa shape index (κ1) is 52.2. The molecule has 0 aliphatic heterocycles. The average molecular weight is 893 g/mol. The maximum absolute atomic E-state index is 4.42. The second-order valence-corrected chi connectivity index (χ2v) is 17.3. The van der Waals surface area contributed by atoms with Gasteiger partial charge in [-0.3, -0.25) is 0 Å². The van der Waals surface area contributed by atoms with Crippen molar-refractivity contribution < 1.29 is 0 Å². The van der Waals surface area contributed by atoms with E-state index in [1.54, 1.807) is 17.2 Å². The predicted molar refractivity (Wildman–Crippen MR) is 306 cm³/mol. The highest BCUT2D eigenvalue weighted by molar-refractivity contribution is 6.02. The summed E-state index contributed by atoms with van der Waals surface area (Å²) < 4.78 is 0. The zero-order chi connectivity index (χ0) is 48.9. The summed E-state index contributed by atoms with van der Waals surface area (Å²) in [5.74, 6) is 0. The van der Waals surface area contributed by atoms with E-state index in [1.807, 2.05) is 82.4 Å². The van der Waals surface area contributed by atoms with Gasteiger partial charge in [0.05, 0.1) is 5.41 Å². The molecule has 0 saturated carbocycles. The van der Waals surface area contributed by atoms with Gasteiger partial charge in [0, 0.05) is 0 Å². The Bertz CT molecular complexity index is 2780. The Morgan fingerprint density at radius 1 is 0.618 bits per heavy atom. The number of benzene rings is 5. The summed E-state index contributed by atoms with van der Waals surface area (Å²) >= 11 is 0. The van der Waals surface area contributed by atoms with Crippen LogP contribution in [0.3, 0.4) is 0 Å².